The minimum atomic E-state index is -5.17. The SMILES string of the molecule is O=S(=O)([O-])[O-].[Ba+2].[Zr]. The fourth-order valence-electron chi connectivity index (χ4n) is 0. The first kappa shape index (κ1) is 16.2. The first-order valence-electron chi connectivity index (χ1n) is 0.667. The van der Waals surface area contributed by atoms with Crippen molar-refractivity contribution < 1.29 is 43.7 Å². The average molecular weight is 325 g/mol. The van der Waals surface area contributed by atoms with Gasteiger partial charge in [-0.25, -0.2) is 0 Å². The van der Waals surface area contributed by atoms with Crippen LogP contribution in [0.1, 0.15) is 0 Å². The quantitative estimate of drug-likeness (QED) is 0.301. The second kappa shape index (κ2) is 6.44. The fraction of sp³-hybridized carbons (Fsp3) is 0. The van der Waals surface area contributed by atoms with E-state index in [0.29, 0.717) is 0 Å². The van der Waals surface area contributed by atoms with Crippen LogP contribution in [0.15, 0.2) is 0 Å². The summed E-state index contributed by atoms with van der Waals surface area (Å²) in [5.74, 6) is 0. The van der Waals surface area contributed by atoms with Gasteiger partial charge in [0.2, 0.25) is 0 Å². The molecular weight excluding hydrogens is 325 g/mol. The Morgan fingerprint density at radius 1 is 1.14 bits per heavy atom. The minimum Gasteiger partial charge on any atom is -0.759 e. The zero-order chi connectivity index (χ0) is 4.50. The summed E-state index contributed by atoms with van der Waals surface area (Å²) in [5.41, 5.74) is 0. The van der Waals surface area contributed by atoms with Gasteiger partial charge >= 0.3 is 48.9 Å². The molecule has 0 heterocycles. The molecule has 0 bridgehead atoms. The van der Waals surface area contributed by atoms with Gasteiger partial charge in [0, 0.05) is 36.6 Å². The maximum absolute atomic E-state index is 8.52. The molecule has 7 heteroatoms. The molecule has 0 unspecified atom stereocenters. The molecule has 7 heavy (non-hydrogen) atoms. The second-order valence-electron chi connectivity index (χ2n) is 0.408. The van der Waals surface area contributed by atoms with Crippen LogP contribution in [0.5, 0.6) is 0 Å². The van der Waals surface area contributed by atoms with Gasteiger partial charge in [0.1, 0.15) is 0 Å². The zero-order valence-electron chi connectivity index (χ0n) is 3.25. The van der Waals surface area contributed by atoms with Crippen LogP contribution in [0.3, 0.4) is 0 Å². The van der Waals surface area contributed by atoms with Crippen LogP contribution < -0.4 is 0 Å². The molecule has 0 radical (unpaired) electrons. The smallest absolute Gasteiger partial charge is 0.759 e. The fourth-order valence-corrected chi connectivity index (χ4v) is 0. The molecule has 0 saturated carbocycles. The molecule has 0 N–H and O–H groups in total. The van der Waals surface area contributed by atoms with Gasteiger partial charge in [-0.1, -0.05) is 0 Å². The van der Waals surface area contributed by atoms with E-state index in [2.05, 4.69) is 0 Å². The predicted octanol–water partition coefficient (Wildman–Crippen LogP) is -1.72. The molecule has 0 aliphatic rings. The molecule has 0 spiro atoms. The van der Waals surface area contributed by atoms with Crippen molar-refractivity contribution in [2.24, 2.45) is 0 Å². The van der Waals surface area contributed by atoms with Crippen molar-refractivity contribution in [2.45, 2.75) is 0 Å². The molecule has 4 nitrogen and oxygen atoms in total. The van der Waals surface area contributed by atoms with Crippen LogP contribution in [0.4, 0.5) is 0 Å². The number of hydrogen-bond acceptors (Lipinski definition) is 4. The summed E-state index contributed by atoms with van der Waals surface area (Å²) in [6, 6.07) is 0. The van der Waals surface area contributed by atoms with Crippen molar-refractivity contribution in [3.05, 3.63) is 0 Å². The molecule has 0 fully saturated rings. The third-order valence-corrected chi connectivity index (χ3v) is 0. The van der Waals surface area contributed by atoms with E-state index in [0.717, 1.165) is 0 Å². The Hall–Kier alpha value is 2.32. The van der Waals surface area contributed by atoms with Crippen LogP contribution in [-0.2, 0) is 36.6 Å². The van der Waals surface area contributed by atoms with E-state index in [9.17, 15) is 0 Å². The maximum Gasteiger partial charge on any atom is 2.00 e. The van der Waals surface area contributed by atoms with E-state index in [1.165, 1.54) is 0 Å². The molecule has 0 aromatic rings. The van der Waals surface area contributed by atoms with Gasteiger partial charge in [0.05, 0.1) is 0 Å². The summed E-state index contributed by atoms with van der Waals surface area (Å²) in [6.07, 6.45) is 0. The topological polar surface area (TPSA) is 80.3 Å². The van der Waals surface area contributed by atoms with E-state index in [1.54, 1.807) is 0 Å². The van der Waals surface area contributed by atoms with E-state index in [4.69, 9.17) is 17.5 Å². The van der Waals surface area contributed by atoms with Crippen molar-refractivity contribution in [2.75, 3.05) is 0 Å². The van der Waals surface area contributed by atoms with Gasteiger partial charge in [-0.3, -0.25) is 8.42 Å². The van der Waals surface area contributed by atoms with Gasteiger partial charge in [-0.05, 0) is 0 Å². The van der Waals surface area contributed by atoms with Crippen molar-refractivity contribution in [3.63, 3.8) is 0 Å². The van der Waals surface area contributed by atoms with E-state index >= 15 is 0 Å². The second-order valence-corrected chi connectivity index (χ2v) is 1.22. The first-order chi connectivity index (χ1) is 2.00. The summed E-state index contributed by atoms with van der Waals surface area (Å²) in [4.78, 5) is 0. The van der Waals surface area contributed by atoms with Crippen molar-refractivity contribution >= 4 is 59.3 Å². The monoisotopic (exact) mass is 324 g/mol. The van der Waals surface area contributed by atoms with Crippen LogP contribution >= 0.6 is 0 Å². The predicted molar refractivity (Wildman–Crippen MR) is 16.2 cm³/mol. The summed E-state index contributed by atoms with van der Waals surface area (Å²) >= 11 is 0. The maximum atomic E-state index is 8.52. The molecule has 0 saturated heterocycles. The molecular formula is BaO4SZr. The summed E-state index contributed by atoms with van der Waals surface area (Å²) in [7, 11) is -5.17. The number of rotatable bonds is 0. The van der Waals surface area contributed by atoms with Crippen LogP contribution in [-0.4, -0.2) is 66.4 Å². The Morgan fingerprint density at radius 3 is 1.14 bits per heavy atom. The minimum absolute atomic E-state index is 0. The van der Waals surface area contributed by atoms with E-state index in [-0.39, 0.29) is 75.1 Å². The Kier molecular flexibility index (Phi) is 14.9. The molecule has 0 rings (SSSR count). The molecule has 0 aromatic heterocycles. The average Bonchev–Trinajstić information content (AvgIpc) is 0.722. The number of hydrogen-bond donors (Lipinski definition) is 0. The summed E-state index contributed by atoms with van der Waals surface area (Å²) in [6.45, 7) is 0. The Bertz CT molecular complexity index is 94.9. The van der Waals surface area contributed by atoms with E-state index < -0.39 is 10.4 Å². The Labute approximate surface area is 101 Å². The molecule has 0 aliphatic carbocycles. The third kappa shape index (κ3) is 61.6. The van der Waals surface area contributed by atoms with Crippen molar-refractivity contribution in [3.8, 4) is 0 Å². The molecule has 0 amide bonds. The normalized spacial score (nSPS) is 8.29. The van der Waals surface area contributed by atoms with Crippen LogP contribution in [0.2, 0.25) is 0 Å². The standard InChI is InChI=1S/Ba.H2O4S.Zr/c;1-5(2,3)4;/h;(H2,1,2,3,4);/q+2;;/p-2. The first-order valence-corrected chi connectivity index (χ1v) is 2.00. The molecule has 0 atom stereocenters. The van der Waals surface area contributed by atoms with Gasteiger partial charge < -0.3 is 9.11 Å². The van der Waals surface area contributed by atoms with Crippen LogP contribution in [0.25, 0.3) is 0 Å². The van der Waals surface area contributed by atoms with Gasteiger partial charge in [0.15, 0.2) is 0 Å². The Morgan fingerprint density at radius 2 is 1.14 bits per heavy atom. The van der Waals surface area contributed by atoms with Gasteiger partial charge in [-0.15, -0.1) is 0 Å². The van der Waals surface area contributed by atoms with Gasteiger partial charge in [-0.2, -0.15) is 0 Å². The van der Waals surface area contributed by atoms with Crippen LogP contribution in [0, 0.1) is 0 Å². The summed E-state index contributed by atoms with van der Waals surface area (Å²) in [5, 5.41) is 0. The molecule has 0 aliphatic heterocycles. The van der Waals surface area contributed by atoms with Crippen molar-refractivity contribution in [1.82, 2.24) is 0 Å². The zero-order valence-corrected chi connectivity index (χ0v) is 11.0. The largest absolute Gasteiger partial charge is 2.00 e. The Balaban J connectivity index is -0.0000000800. The molecule has 0 aromatic carbocycles. The van der Waals surface area contributed by atoms with E-state index in [1.807, 2.05) is 0 Å². The third-order valence-electron chi connectivity index (χ3n) is 0. The van der Waals surface area contributed by atoms with Gasteiger partial charge in [0.25, 0.3) is 0 Å². The summed E-state index contributed by atoms with van der Waals surface area (Å²) < 4.78 is 34.1. The molecule has 36 valence electrons. The van der Waals surface area contributed by atoms with Crippen molar-refractivity contribution in [1.29, 1.82) is 0 Å².